The average Bonchev–Trinajstić information content (AvgIpc) is 2.40. The van der Waals surface area contributed by atoms with E-state index in [4.69, 9.17) is 5.73 Å². The predicted octanol–water partition coefficient (Wildman–Crippen LogP) is 2.08. The van der Waals surface area contributed by atoms with E-state index in [2.05, 4.69) is 4.98 Å². The van der Waals surface area contributed by atoms with E-state index in [1.807, 2.05) is 12.1 Å². The van der Waals surface area contributed by atoms with Gasteiger partial charge in [-0.2, -0.15) is 0 Å². The molecule has 0 saturated heterocycles. The molecule has 1 heterocycles. The van der Waals surface area contributed by atoms with E-state index in [1.54, 1.807) is 19.2 Å². The third kappa shape index (κ3) is 3.28. The van der Waals surface area contributed by atoms with Gasteiger partial charge in [-0.15, -0.1) is 0 Å². The number of pyridine rings is 1. The first-order chi connectivity index (χ1) is 9.06. The zero-order valence-corrected chi connectivity index (χ0v) is 10.5. The van der Waals surface area contributed by atoms with Crippen molar-refractivity contribution in [3.8, 4) is 0 Å². The number of amides is 1. The van der Waals surface area contributed by atoms with Crippen LogP contribution in [0.2, 0.25) is 0 Å². The van der Waals surface area contributed by atoms with Gasteiger partial charge in [-0.3, -0.25) is 9.78 Å². The maximum atomic E-state index is 13.0. The van der Waals surface area contributed by atoms with Crippen molar-refractivity contribution in [2.45, 2.75) is 6.54 Å². The lowest BCUT2D eigenvalue weighted by molar-refractivity contribution is 0.0784. The summed E-state index contributed by atoms with van der Waals surface area (Å²) < 4.78 is 13.0. The highest BCUT2D eigenvalue weighted by molar-refractivity contribution is 5.93. The number of carbonyl (C=O) groups excluding carboxylic acids is 1. The van der Waals surface area contributed by atoms with Crippen LogP contribution in [0.15, 0.2) is 42.7 Å². The number of halogens is 1. The highest BCUT2D eigenvalue weighted by atomic mass is 19.1. The van der Waals surface area contributed by atoms with Crippen LogP contribution in [0.25, 0.3) is 0 Å². The van der Waals surface area contributed by atoms with E-state index >= 15 is 0 Å². The molecule has 0 aliphatic rings. The SMILES string of the molecule is CN(Cc1ccc(N)cc1)C(=O)c1cncc(F)c1. The number of aromatic nitrogens is 1. The minimum atomic E-state index is -0.522. The van der Waals surface area contributed by atoms with Gasteiger partial charge in [-0.25, -0.2) is 4.39 Å². The molecule has 2 aromatic rings. The molecule has 1 aromatic carbocycles. The van der Waals surface area contributed by atoms with E-state index in [1.165, 1.54) is 17.2 Å². The van der Waals surface area contributed by atoms with E-state index in [0.29, 0.717) is 12.2 Å². The van der Waals surface area contributed by atoms with Crippen LogP contribution in [0.5, 0.6) is 0 Å². The van der Waals surface area contributed by atoms with Crippen LogP contribution in [0, 0.1) is 5.82 Å². The summed E-state index contributed by atoms with van der Waals surface area (Å²) in [5.41, 5.74) is 7.46. The molecule has 0 aliphatic heterocycles. The number of nitrogens with two attached hydrogens (primary N) is 1. The molecule has 0 aliphatic carbocycles. The van der Waals surface area contributed by atoms with E-state index in [-0.39, 0.29) is 11.5 Å². The molecule has 19 heavy (non-hydrogen) atoms. The summed E-state index contributed by atoms with van der Waals surface area (Å²) in [7, 11) is 1.66. The largest absolute Gasteiger partial charge is 0.399 e. The molecule has 0 saturated carbocycles. The Hall–Kier alpha value is -2.43. The lowest BCUT2D eigenvalue weighted by Gasteiger charge is -2.17. The van der Waals surface area contributed by atoms with Crippen molar-refractivity contribution in [2.75, 3.05) is 12.8 Å². The Bertz CT molecular complexity index is 583. The maximum absolute atomic E-state index is 13.0. The van der Waals surface area contributed by atoms with Gasteiger partial charge in [0.1, 0.15) is 5.82 Å². The van der Waals surface area contributed by atoms with E-state index < -0.39 is 5.82 Å². The highest BCUT2D eigenvalue weighted by Crippen LogP contribution is 2.10. The van der Waals surface area contributed by atoms with Crippen molar-refractivity contribution in [3.63, 3.8) is 0 Å². The Kier molecular flexibility index (Phi) is 3.75. The van der Waals surface area contributed by atoms with Crippen LogP contribution < -0.4 is 5.73 Å². The second kappa shape index (κ2) is 5.48. The lowest BCUT2D eigenvalue weighted by Crippen LogP contribution is -2.26. The summed E-state index contributed by atoms with van der Waals surface area (Å²) in [6.07, 6.45) is 2.42. The fourth-order valence-corrected chi connectivity index (χ4v) is 1.72. The smallest absolute Gasteiger partial charge is 0.255 e. The van der Waals surface area contributed by atoms with Gasteiger partial charge < -0.3 is 10.6 Å². The summed E-state index contributed by atoms with van der Waals surface area (Å²) in [5.74, 6) is -0.796. The number of nitrogen functional groups attached to an aromatic ring is 1. The number of nitrogens with zero attached hydrogens (tertiary/aromatic N) is 2. The van der Waals surface area contributed by atoms with Crippen molar-refractivity contribution >= 4 is 11.6 Å². The molecule has 0 unspecified atom stereocenters. The molecule has 1 amide bonds. The van der Waals surface area contributed by atoms with Gasteiger partial charge in [-0.1, -0.05) is 12.1 Å². The van der Waals surface area contributed by atoms with Gasteiger partial charge in [-0.05, 0) is 23.8 Å². The molecule has 0 radical (unpaired) electrons. The number of benzene rings is 1. The molecule has 98 valence electrons. The molecule has 4 nitrogen and oxygen atoms in total. The van der Waals surface area contributed by atoms with Gasteiger partial charge in [0, 0.05) is 25.5 Å². The molecule has 0 fully saturated rings. The first kappa shape index (κ1) is 13.0. The minimum absolute atomic E-state index is 0.234. The van der Waals surface area contributed by atoms with Gasteiger partial charge in [0.15, 0.2) is 0 Å². The summed E-state index contributed by atoms with van der Waals surface area (Å²) in [6, 6.07) is 8.43. The fourth-order valence-electron chi connectivity index (χ4n) is 1.72. The monoisotopic (exact) mass is 259 g/mol. The number of hydrogen-bond donors (Lipinski definition) is 1. The van der Waals surface area contributed by atoms with Gasteiger partial charge in [0.2, 0.25) is 0 Å². The first-order valence-electron chi connectivity index (χ1n) is 5.76. The Labute approximate surface area is 110 Å². The van der Waals surface area contributed by atoms with Crippen molar-refractivity contribution in [1.29, 1.82) is 0 Å². The van der Waals surface area contributed by atoms with Crippen molar-refractivity contribution in [1.82, 2.24) is 9.88 Å². The Morgan fingerprint density at radius 3 is 2.63 bits per heavy atom. The Morgan fingerprint density at radius 2 is 2.00 bits per heavy atom. The average molecular weight is 259 g/mol. The summed E-state index contributed by atoms with van der Waals surface area (Å²) in [5, 5.41) is 0. The third-order valence-electron chi connectivity index (χ3n) is 2.70. The molecular weight excluding hydrogens is 245 g/mol. The quantitative estimate of drug-likeness (QED) is 0.858. The molecule has 0 atom stereocenters. The summed E-state index contributed by atoms with van der Waals surface area (Å²) >= 11 is 0. The van der Waals surface area contributed by atoms with Gasteiger partial charge in [0.05, 0.1) is 11.8 Å². The first-order valence-corrected chi connectivity index (χ1v) is 5.76. The van der Waals surface area contributed by atoms with Crippen molar-refractivity contribution < 1.29 is 9.18 Å². The normalized spacial score (nSPS) is 10.2. The van der Waals surface area contributed by atoms with Crippen LogP contribution in [0.4, 0.5) is 10.1 Å². The molecule has 1 aromatic heterocycles. The Balaban J connectivity index is 2.09. The van der Waals surface area contributed by atoms with Crippen LogP contribution in [0.1, 0.15) is 15.9 Å². The predicted molar refractivity (Wildman–Crippen MR) is 70.8 cm³/mol. The lowest BCUT2D eigenvalue weighted by atomic mass is 10.2. The summed E-state index contributed by atoms with van der Waals surface area (Å²) in [4.78, 5) is 17.2. The Morgan fingerprint density at radius 1 is 1.32 bits per heavy atom. The second-order valence-corrected chi connectivity index (χ2v) is 4.29. The highest BCUT2D eigenvalue weighted by Gasteiger charge is 2.13. The van der Waals surface area contributed by atoms with Gasteiger partial charge in [0.25, 0.3) is 5.91 Å². The van der Waals surface area contributed by atoms with Crippen LogP contribution in [-0.4, -0.2) is 22.8 Å². The maximum Gasteiger partial charge on any atom is 0.255 e. The van der Waals surface area contributed by atoms with Gasteiger partial charge >= 0.3 is 0 Å². The zero-order chi connectivity index (χ0) is 13.8. The van der Waals surface area contributed by atoms with Crippen LogP contribution >= 0.6 is 0 Å². The summed E-state index contributed by atoms with van der Waals surface area (Å²) in [6.45, 7) is 0.426. The topological polar surface area (TPSA) is 59.2 Å². The minimum Gasteiger partial charge on any atom is -0.399 e. The molecule has 5 heteroatoms. The molecule has 2 N–H and O–H groups in total. The molecular formula is C14H14FN3O. The molecule has 0 bridgehead atoms. The van der Waals surface area contributed by atoms with Crippen molar-refractivity contribution in [2.24, 2.45) is 0 Å². The third-order valence-corrected chi connectivity index (χ3v) is 2.70. The number of carbonyl (C=O) groups is 1. The molecule has 2 rings (SSSR count). The van der Waals surface area contributed by atoms with Crippen molar-refractivity contribution in [3.05, 3.63) is 59.7 Å². The standard InChI is InChI=1S/C14H14FN3O/c1-18(9-10-2-4-13(16)5-3-10)14(19)11-6-12(15)8-17-7-11/h2-8H,9,16H2,1H3. The zero-order valence-electron chi connectivity index (χ0n) is 10.5. The molecule has 0 spiro atoms. The number of hydrogen-bond acceptors (Lipinski definition) is 3. The van der Waals surface area contributed by atoms with E-state index in [9.17, 15) is 9.18 Å². The van der Waals surface area contributed by atoms with Crippen LogP contribution in [-0.2, 0) is 6.54 Å². The number of rotatable bonds is 3. The van der Waals surface area contributed by atoms with E-state index in [0.717, 1.165) is 11.8 Å². The number of anilines is 1. The fraction of sp³-hybridized carbons (Fsp3) is 0.143. The van der Waals surface area contributed by atoms with Crippen LogP contribution in [0.3, 0.4) is 0 Å². The second-order valence-electron chi connectivity index (χ2n) is 4.29.